The third-order valence-electron chi connectivity index (χ3n) is 3.29. The molecule has 0 saturated carbocycles. The van der Waals surface area contributed by atoms with Gasteiger partial charge in [-0.25, -0.2) is 0 Å². The Kier molecular flexibility index (Phi) is 5.05. The van der Waals surface area contributed by atoms with E-state index >= 15 is 0 Å². The van der Waals surface area contributed by atoms with Crippen molar-refractivity contribution in [3.8, 4) is 5.75 Å². The number of halogens is 3. The number of alkyl halides is 3. The molecule has 23 heavy (non-hydrogen) atoms. The van der Waals surface area contributed by atoms with Crippen molar-refractivity contribution < 1.29 is 27.8 Å². The van der Waals surface area contributed by atoms with Gasteiger partial charge in [0.25, 0.3) is 0 Å². The molecule has 2 aromatic carbocycles. The smallest absolute Gasteiger partial charge is 0.416 e. The maximum absolute atomic E-state index is 12.5. The molecule has 0 amide bonds. The van der Waals surface area contributed by atoms with E-state index in [1.807, 2.05) is 0 Å². The number of hydrogen-bond donors (Lipinski definition) is 1. The lowest BCUT2D eigenvalue weighted by molar-refractivity contribution is -0.137. The maximum atomic E-state index is 12.5. The highest BCUT2D eigenvalue weighted by atomic mass is 19.4. The van der Waals surface area contributed by atoms with Gasteiger partial charge in [0, 0.05) is 0 Å². The zero-order chi connectivity index (χ0) is 17.0. The van der Waals surface area contributed by atoms with Crippen LogP contribution in [0.3, 0.4) is 0 Å². The summed E-state index contributed by atoms with van der Waals surface area (Å²) in [5.41, 5.74) is -0.0956. The Labute approximate surface area is 131 Å². The van der Waals surface area contributed by atoms with Gasteiger partial charge in [0.15, 0.2) is 5.78 Å². The van der Waals surface area contributed by atoms with Crippen LogP contribution in [0, 0.1) is 0 Å². The third kappa shape index (κ3) is 4.32. The van der Waals surface area contributed by atoms with Crippen LogP contribution in [0.2, 0.25) is 0 Å². The molecular formula is C17H15F3O3. The molecule has 0 heterocycles. The van der Waals surface area contributed by atoms with E-state index in [0.29, 0.717) is 16.9 Å². The Hall–Kier alpha value is -2.34. The van der Waals surface area contributed by atoms with Crippen molar-refractivity contribution >= 4 is 5.78 Å². The van der Waals surface area contributed by atoms with Gasteiger partial charge < -0.3 is 9.84 Å². The Morgan fingerprint density at radius 2 is 1.74 bits per heavy atom. The molecule has 2 rings (SSSR count). The monoisotopic (exact) mass is 324 g/mol. The van der Waals surface area contributed by atoms with Crippen LogP contribution in [0.15, 0.2) is 48.5 Å². The van der Waals surface area contributed by atoms with Crippen molar-refractivity contribution in [2.24, 2.45) is 0 Å². The van der Waals surface area contributed by atoms with Crippen LogP contribution in [0.5, 0.6) is 5.75 Å². The number of para-hydroxylation sites is 1. The van der Waals surface area contributed by atoms with Crippen molar-refractivity contribution in [3.05, 3.63) is 65.2 Å². The van der Waals surface area contributed by atoms with Gasteiger partial charge in [-0.05, 0) is 36.8 Å². The molecule has 2 aromatic rings. The lowest BCUT2D eigenvalue weighted by Gasteiger charge is -2.15. The van der Waals surface area contributed by atoms with Gasteiger partial charge in [0.1, 0.15) is 18.5 Å². The van der Waals surface area contributed by atoms with Crippen LogP contribution < -0.4 is 4.74 Å². The molecule has 0 bridgehead atoms. The minimum Gasteiger partial charge on any atom is -0.490 e. The zero-order valence-corrected chi connectivity index (χ0v) is 12.3. The van der Waals surface area contributed by atoms with Gasteiger partial charge >= 0.3 is 6.18 Å². The summed E-state index contributed by atoms with van der Waals surface area (Å²) >= 11 is 0. The molecule has 1 unspecified atom stereocenters. The number of ketones is 1. The van der Waals surface area contributed by atoms with Crippen LogP contribution in [0.4, 0.5) is 13.2 Å². The predicted octanol–water partition coefficient (Wildman–Crippen LogP) is 4.02. The Balaban J connectivity index is 2.05. The highest BCUT2D eigenvalue weighted by Crippen LogP contribution is 2.30. The van der Waals surface area contributed by atoms with Crippen LogP contribution in [0.25, 0.3) is 0 Å². The van der Waals surface area contributed by atoms with Crippen molar-refractivity contribution in [1.82, 2.24) is 0 Å². The molecule has 1 N–H and O–H groups in total. The highest BCUT2D eigenvalue weighted by molar-refractivity contribution is 5.96. The quantitative estimate of drug-likeness (QED) is 0.845. The summed E-state index contributed by atoms with van der Waals surface area (Å²) < 4.78 is 42.9. The molecule has 1 atom stereocenters. The fraction of sp³-hybridized carbons (Fsp3) is 0.235. The fourth-order valence-corrected chi connectivity index (χ4v) is 2.04. The van der Waals surface area contributed by atoms with E-state index in [2.05, 4.69) is 0 Å². The van der Waals surface area contributed by atoms with Gasteiger partial charge in [-0.1, -0.05) is 24.3 Å². The van der Waals surface area contributed by atoms with E-state index in [-0.39, 0.29) is 12.4 Å². The average Bonchev–Trinajstić information content (AvgIpc) is 2.52. The average molecular weight is 324 g/mol. The molecular weight excluding hydrogens is 309 g/mol. The Morgan fingerprint density at radius 3 is 2.30 bits per heavy atom. The predicted molar refractivity (Wildman–Crippen MR) is 78.3 cm³/mol. The number of ether oxygens (including phenoxy) is 1. The highest BCUT2D eigenvalue weighted by Gasteiger charge is 2.30. The molecule has 6 heteroatoms. The summed E-state index contributed by atoms with van der Waals surface area (Å²) in [5.74, 6) is 0.149. The first-order valence-electron chi connectivity index (χ1n) is 6.87. The van der Waals surface area contributed by atoms with E-state index < -0.39 is 17.8 Å². The number of Topliss-reactive ketones (excluding diaryl/α,β-unsaturated/α-hetero) is 1. The van der Waals surface area contributed by atoms with Crippen molar-refractivity contribution in [1.29, 1.82) is 0 Å². The number of carbonyl (C=O) groups excluding carboxylic acids is 1. The van der Waals surface area contributed by atoms with Gasteiger partial charge in [0.2, 0.25) is 0 Å². The largest absolute Gasteiger partial charge is 0.490 e. The minimum atomic E-state index is -4.42. The second-order valence-corrected chi connectivity index (χ2v) is 5.00. The normalized spacial score (nSPS) is 12.7. The number of benzene rings is 2. The van der Waals surface area contributed by atoms with E-state index in [9.17, 15) is 23.1 Å². The first-order valence-corrected chi connectivity index (χ1v) is 6.87. The van der Waals surface area contributed by atoms with Crippen molar-refractivity contribution in [2.45, 2.75) is 19.2 Å². The van der Waals surface area contributed by atoms with E-state index in [1.54, 1.807) is 24.3 Å². The second-order valence-electron chi connectivity index (χ2n) is 5.00. The van der Waals surface area contributed by atoms with E-state index in [4.69, 9.17) is 4.74 Å². The van der Waals surface area contributed by atoms with Gasteiger partial charge in [-0.3, -0.25) is 4.79 Å². The molecule has 0 fully saturated rings. The van der Waals surface area contributed by atoms with Gasteiger partial charge in [-0.15, -0.1) is 0 Å². The number of rotatable bonds is 5. The minimum absolute atomic E-state index is 0.171. The number of carbonyl (C=O) groups is 1. The van der Waals surface area contributed by atoms with Crippen molar-refractivity contribution in [2.75, 3.05) is 6.61 Å². The summed E-state index contributed by atoms with van der Waals surface area (Å²) in [5, 5.41) is 10.0. The van der Waals surface area contributed by atoms with Crippen LogP contribution >= 0.6 is 0 Å². The zero-order valence-electron chi connectivity index (χ0n) is 12.3. The van der Waals surface area contributed by atoms with Gasteiger partial charge in [0.05, 0.1) is 11.1 Å². The number of hydrogen-bond acceptors (Lipinski definition) is 3. The lowest BCUT2D eigenvalue weighted by Crippen LogP contribution is -2.12. The molecule has 122 valence electrons. The summed E-state index contributed by atoms with van der Waals surface area (Å²) in [6.45, 7) is 1.23. The summed E-state index contributed by atoms with van der Waals surface area (Å²) in [6, 6.07) is 10.8. The standard InChI is InChI=1S/C17H15F3O3/c1-11(21)14-4-2-3-5-16(14)23-10-15(22)12-6-8-13(9-7-12)17(18,19)20/h2-9,15,22H,10H2,1H3. The van der Waals surface area contributed by atoms with E-state index in [0.717, 1.165) is 12.1 Å². The summed E-state index contributed by atoms with van der Waals surface area (Å²) in [4.78, 5) is 11.5. The van der Waals surface area contributed by atoms with Crippen molar-refractivity contribution in [3.63, 3.8) is 0 Å². The third-order valence-corrected chi connectivity index (χ3v) is 3.29. The fourth-order valence-electron chi connectivity index (χ4n) is 2.04. The second kappa shape index (κ2) is 6.83. The van der Waals surface area contributed by atoms with Crippen LogP contribution in [0.1, 0.15) is 34.5 Å². The molecule has 0 aliphatic carbocycles. The molecule has 0 aromatic heterocycles. The Morgan fingerprint density at radius 1 is 1.13 bits per heavy atom. The Bertz CT molecular complexity index is 678. The summed E-state index contributed by atoms with van der Waals surface area (Å²) in [6.07, 6.45) is -5.52. The SMILES string of the molecule is CC(=O)c1ccccc1OCC(O)c1ccc(C(F)(F)F)cc1. The summed E-state index contributed by atoms with van der Waals surface area (Å²) in [7, 11) is 0. The first-order chi connectivity index (χ1) is 10.8. The topological polar surface area (TPSA) is 46.5 Å². The van der Waals surface area contributed by atoms with E-state index in [1.165, 1.54) is 19.1 Å². The number of aliphatic hydroxyl groups excluding tert-OH is 1. The first kappa shape index (κ1) is 17.0. The molecule has 0 spiro atoms. The molecule has 3 nitrogen and oxygen atoms in total. The van der Waals surface area contributed by atoms with Gasteiger partial charge in [-0.2, -0.15) is 13.2 Å². The lowest BCUT2D eigenvalue weighted by atomic mass is 10.1. The van der Waals surface area contributed by atoms with Crippen LogP contribution in [-0.4, -0.2) is 17.5 Å². The number of aliphatic hydroxyl groups is 1. The van der Waals surface area contributed by atoms with Crippen LogP contribution in [-0.2, 0) is 6.18 Å². The molecule has 0 saturated heterocycles. The molecule has 0 aliphatic heterocycles. The maximum Gasteiger partial charge on any atom is 0.416 e. The molecule has 0 radical (unpaired) electrons. The molecule has 0 aliphatic rings.